The van der Waals surface area contributed by atoms with Crippen LogP contribution in [0.15, 0.2) is 18.3 Å². The first-order chi connectivity index (χ1) is 9.75. The van der Waals surface area contributed by atoms with Crippen LogP contribution in [0.25, 0.3) is 0 Å². The molecule has 116 valence electrons. The normalized spacial score (nSPS) is 11.1. The van der Waals surface area contributed by atoms with Crippen molar-refractivity contribution in [1.82, 2.24) is 9.88 Å². The Morgan fingerprint density at radius 2 is 2.00 bits per heavy atom. The number of amides is 1. The van der Waals surface area contributed by atoms with Gasteiger partial charge in [0.1, 0.15) is 5.69 Å². The van der Waals surface area contributed by atoms with Gasteiger partial charge in [-0.3, -0.25) is 14.6 Å². The molecule has 0 unspecified atom stereocenters. The zero-order valence-corrected chi connectivity index (χ0v) is 11.6. The van der Waals surface area contributed by atoms with E-state index in [2.05, 4.69) is 9.72 Å². The molecule has 1 heterocycles. The average Bonchev–Trinajstić information content (AvgIpc) is 2.45. The molecule has 0 spiro atoms. The number of halogens is 3. The van der Waals surface area contributed by atoms with Crippen LogP contribution in [0.5, 0.6) is 0 Å². The summed E-state index contributed by atoms with van der Waals surface area (Å²) in [5, 5.41) is 0. The molecule has 0 saturated carbocycles. The van der Waals surface area contributed by atoms with Gasteiger partial charge in [0.2, 0.25) is 0 Å². The third kappa shape index (κ3) is 5.05. The lowest BCUT2D eigenvalue weighted by atomic mass is 10.2. The molecule has 1 amide bonds. The highest BCUT2D eigenvalue weighted by Crippen LogP contribution is 2.27. The van der Waals surface area contributed by atoms with E-state index in [1.54, 1.807) is 0 Å². The van der Waals surface area contributed by atoms with Gasteiger partial charge in [-0.05, 0) is 18.6 Å². The molecule has 5 nitrogen and oxygen atoms in total. The van der Waals surface area contributed by atoms with Crippen LogP contribution in [-0.4, -0.2) is 42.5 Å². The monoisotopic (exact) mass is 304 g/mol. The minimum absolute atomic E-state index is 0.0589. The number of nitrogens with zero attached hydrogens (tertiary/aromatic N) is 2. The predicted octanol–water partition coefficient (Wildman–Crippen LogP) is 2.13. The molecular formula is C13H15F3N2O3. The van der Waals surface area contributed by atoms with E-state index in [0.717, 1.165) is 18.3 Å². The molecule has 0 bridgehead atoms. The van der Waals surface area contributed by atoms with Crippen molar-refractivity contribution < 1.29 is 27.5 Å². The van der Waals surface area contributed by atoms with Crippen LogP contribution in [0.3, 0.4) is 0 Å². The van der Waals surface area contributed by atoms with Gasteiger partial charge in [0.15, 0.2) is 0 Å². The minimum atomic E-state index is -4.53. The van der Waals surface area contributed by atoms with Gasteiger partial charge in [-0.25, -0.2) is 0 Å². The zero-order chi connectivity index (χ0) is 16.0. The summed E-state index contributed by atoms with van der Waals surface area (Å²) in [6.07, 6.45) is -3.07. The number of aromatic nitrogens is 1. The van der Waals surface area contributed by atoms with Crippen molar-refractivity contribution in [3.63, 3.8) is 0 Å². The fourth-order valence-electron chi connectivity index (χ4n) is 1.57. The van der Waals surface area contributed by atoms with Crippen LogP contribution in [0, 0.1) is 0 Å². The lowest BCUT2D eigenvalue weighted by molar-refractivity contribution is -0.141. The topological polar surface area (TPSA) is 59.5 Å². The molecule has 8 heteroatoms. The van der Waals surface area contributed by atoms with Gasteiger partial charge in [0.25, 0.3) is 5.91 Å². The summed E-state index contributed by atoms with van der Waals surface area (Å²) in [5.74, 6) is -0.840. The maximum absolute atomic E-state index is 12.4. The number of ether oxygens (including phenoxy) is 1. The van der Waals surface area contributed by atoms with Crippen molar-refractivity contribution in [2.45, 2.75) is 19.0 Å². The molecule has 0 aliphatic heterocycles. The van der Waals surface area contributed by atoms with Crippen molar-refractivity contribution in [2.24, 2.45) is 0 Å². The molecule has 0 N–H and O–H groups in total. The molecule has 0 fully saturated rings. The fourth-order valence-corrected chi connectivity index (χ4v) is 1.57. The third-order valence-electron chi connectivity index (χ3n) is 2.75. The smallest absolute Gasteiger partial charge is 0.433 e. The molecule has 0 aliphatic carbocycles. The van der Waals surface area contributed by atoms with Crippen molar-refractivity contribution in [2.75, 3.05) is 20.7 Å². The average molecular weight is 304 g/mol. The summed E-state index contributed by atoms with van der Waals surface area (Å²) in [7, 11) is 2.77. The summed E-state index contributed by atoms with van der Waals surface area (Å²) in [4.78, 5) is 27.4. The van der Waals surface area contributed by atoms with Gasteiger partial charge in [-0.2, -0.15) is 13.2 Å². The second-order valence-electron chi connectivity index (χ2n) is 4.34. The molecule has 0 aromatic carbocycles. The maximum atomic E-state index is 12.4. The van der Waals surface area contributed by atoms with E-state index in [9.17, 15) is 22.8 Å². The SMILES string of the molecule is COC(=O)CCCN(C)C(=O)c1ccc(C(F)(F)F)nc1. The number of hydrogen-bond acceptors (Lipinski definition) is 4. The highest BCUT2D eigenvalue weighted by Gasteiger charge is 2.32. The quantitative estimate of drug-likeness (QED) is 0.782. The van der Waals surface area contributed by atoms with Gasteiger partial charge < -0.3 is 9.64 Å². The first-order valence-electron chi connectivity index (χ1n) is 6.11. The van der Waals surface area contributed by atoms with Crippen molar-refractivity contribution in [3.8, 4) is 0 Å². The van der Waals surface area contributed by atoms with E-state index in [1.807, 2.05) is 0 Å². The molecule has 1 rings (SSSR count). The summed E-state index contributed by atoms with van der Waals surface area (Å²) in [5.41, 5.74) is -0.990. The molecular weight excluding hydrogens is 289 g/mol. The van der Waals surface area contributed by atoms with E-state index < -0.39 is 17.8 Å². The van der Waals surface area contributed by atoms with Gasteiger partial charge in [-0.1, -0.05) is 0 Å². The Morgan fingerprint density at radius 3 is 2.48 bits per heavy atom. The van der Waals surface area contributed by atoms with Gasteiger partial charge in [0, 0.05) is 26.2 Å². The summed E-state index contributed by atoms with van der Waals surface area (Å²) in [6.45, 7) is 0.287. The van der Waals surface area contributed by atoms with E-state index in [0.29, 0.717) is 6.42 Å². The van der Waals surface area contributed by atoms with Crippen LogP contribution in [0.2, 0.25) is 0 Å². The number of esters is 1. The van der Waals surface area contributed by atoms with Crippen LogP contribution in [-0.2, 0) is 15.7 Å². The molecule has 0 aliphatic rings. The second kappa shape index (κ2) is 7.05. The lowest BCUT2D eigenvalue weighted by Crippen LogP contribution is -2.28. The van der Waals surface area contributed by atoms with E-state index >= 15 is 0 Å². The summed E-state index contributed by atoms with van der Waals surface area (Å²) < 4.78 is 41.5. The van der Waals surface area contributed by atoms with Gasteiger partial charge in [-0.15, -0.1) is 0 Å². The van der Waals surface area contributed by atoms with Crippen molar-refractivity contribution in [3.05, 3.63) is 29.6 Å². The molecule has 1 aromatic rings. The molecule has 21 heavy (non-hydrogen) atoms. The Labute approximate surface area is 119 Å². The Hall–Kier alpha value is -2.12. The van der Waals surface area contributed by atoms with Crippen LogP contribution in [0.4, 0.5) is 13.2 Å². The first kappa shape index (κ1) is 16.9. The standard InChI is InChI=1S/C13H15F3N2O3/c1-18(7-3-4-11(19)21-2)12(20)9-5-6-10(17-8-9)13(14,15)16/h5-6,8H,3-4,7H2,1-2H3. The number of hydrogen-bond donors (Lipinski definition) is 0. The van der Waals surface area contributed by atoms with Crippen LogP contribution >= 0.6 is 0 Å². The van der Waals surface area contributed by atoms with Crippen LogP contribution in [0.1, 0.15) is 28.9 Å². The lowest BCUT2D eigenvalue weighted by Gasteiger charge is -2.17. The maximum Gasteiger partial charge on any atom is 0.433 e. The highest BCUT2D eigenvalue weighted by molar-refractivity contribution is 5.93. The number of pyridine rings is 1. The molecule has 0 saturated heterocycles. The second-order valence-corrected chi connectivity index (χ2v) is 4.34. The van der Waals surface area contributed by atoms with Crippen LogP contribution < -0.4 is 0 Å². The summed E-state index contributed by atoms with van der Waals surface area (Å²) >= 11 is 0. The van der Waals surface area contributed by atoms with Gasteiger partial charge >= 0.3 is 12.1 Å². The Morgan fingerprint density at radius 1 is 1.33 bits per heavy atom. The third-order valence-corrected chi connectivity index (χ3v) is 2.75. The van der Waals surface area contributed by atoms with E-state index in [4.69, 9.17) is 0 Å². The Bertz CT molecular complexity index is 500. The number of carbonyl (C=O) groups is 2. The van der Waals surface area contributed by atoms with Gasteiger partial charge in [0.05, 0.1) is 12.7 Å². The number of rotatable bonds is 5. The summed E-state index contributed by atoms with van der Waals surface area (Å²) in [6, 6.07) is 1.84. The van der Waals surface area contributed by atoms with Crippen molar-refractivity contribution in [1.29, 1.82) is 0 Å². The number of alkyl halides is 3. The predicted molar refractivity (Wildman–Crippen MR) is 67.4 cm³/mol. The molecule has 0 atom stereocenters. The zero-order valence-electron chi connectivity index (χ0n) is 11.6. The Balaban J connectivity index is 2.60. The molecule has 0 radical (unpaired) electrons. The number of methoxy groups -OCH3 is 1. The van der Waals surface area contributed by atoms with E-state index in [1.165, 1.54) is 19.1 Å². The first-order valence-corrected chi connectivity index (χ1v) is 6.11. The largest absolute Gasteiger partial charge is 0.469 e. The molecule has 1 aromatic heterocycles. The highest BCUT2D eigenvalue weighted by atomic mass is 19.4. The minimum Gasteiger partial charge on any atom is -0.469 e. The Kier molecular flexibility index (Phi) is 5.69. The van der Waals surface area contributed by atoms with E-state index in [-0.39, 0.29) is 24.5 Å². The fraction of sp³-hybridized carbons (Fsp3) is 0.462. The number of carbonyl (C=O) groups excluding carboxylic acids is 2. The van der Waals surface area contributed by atoms with Crippen molar-refractivity contribution >= 4 is 11.9 Å².